The lowest BCUT2D eigenvalue weighted by Gasteiger charge is -2.31. The van der Waals surface area contributed by atoms with E-state index in [1.807, 2.05) is 12.2 Å². The fraction of sp³-hybridized carbons (Fsp3) is 0.707. The van der Waals surface area contributed by atoms with Crippen LogP contribution in [0.2, 0.25) is 0 Å². The number of allylic oxidation sites excluding steroid dienone is 1. The lowest BCUT2D eigenvalue weighted by atomic mass is 9.73. The highest BCUT2D eigenvalue weighted by molar-refractivity contribution is 5.96. The van der Waals surface area contributed by atoms with E-state index < -0.39 is 53.1 Å². The normalized spacial score (nSPS) is 33.6. The summed E-state index contributed by atoms with van der Waals surface area (Å²) < 4.78 is 6.90. The summed E-state index contributed by atoms with van der Waals surface area (Å²) in [6.45, 7) is 5.13. The van der Waals surface area contributed by atoms with Crippen LogP contribution in [-0.2, 0) is 19.1 Å². The Labute approximate surface area is 322 Å². The summed E-state index contributed by atoms with van der Waals surface area (Å²) in [5.74, 6) is -2.75. The van der Waals surface area contributed by atoms with E-state index in [4.69, 9.17) is 9.84 Å². The van der Waals surface area contributed by atoms with Crippen LogP contribution in [0.25, 0.3) is 0 Å². The molecule has 1 unspecified atom stereocenters. The van der Waals surface area contributed by atoms with E-state index in [0.29, 0.717) is 44.1 Å². The third-order valence-corrected chi connectivity index (χ3v) is 12.4. The van der Waals surface area contributed by atoms with Gasteiger partial charge < -0.3 is 25.4 Å². The Kier molecular flexibility index (Phi) is 12.0. The van der Waals surface area contributed by atoms with Gasteiger partial charge in [0.1, 0.15) is 23.2 Å². The van der Waals surface area contributed by atoms with Gasteiger partial charge in [-0.25, -0.2) is 14.3 Å². The predicted octanol–water partition coefficient (Wildman–Crippen LogP) is 5.35. The van der Waals surface area contributed by atoms with Crippen molar-refractivity contribution in [2.75, 3.05) is 6.54 Å². The van der Waals surface area contributed by atoms with Crippen LogP contribution in [0.5, 0.6) is 0 Å². The Bertz CT molecular complexity index is 1810. The number of carboxylic acids is 1. The molecular formula is C41H55N7O7. The topological polar surface area (TPSA) is 208 Å². The van der Waals surface area contributed by atoms with Gasteiger partial charge in [0, 0.05) is 36.3 Å². The molecule has 1 saturated heterocycles. The van der Waals surface area contributed by atoms with Gasteiger partial charge in [0.2, 0.25) is 11.8 Å². The number of hydrogen-bond acceptors (Lipinski definition) is 9. The molecular weight excluding hydrogens is 702 g/mol. The third kappa shape index (κ3) is 8.90. The van der Waals surface area contributed by atoms with Crippen LogP contribution in [0.15, 0.2) is 23.1 Å². The van der Waals surface area contributed by atoms with Crippen LogP contribution < -0.4 is 16.2 Å². The van der Waals surface area contributed by atoms with Crippen molar-refractivity contribution >= 4 is 23.9 Å². The molecule has 14 nitrogen and oxygen atoms in total. The van der Waals surface area contributed by atoms with Crippen molar-refractivity contribution in [3.05, 3.63) is 39.8 Å². The highest BCUT2D eigenvalue weighted by Gasteiger charge is 2.61. The average molecular weight is 758 g/mol. The van der Waals surface area contributed by atoms with Crippen molar-refractivity contribution in [2.24, 2.45) is 17.8 Å². The van der Waals surface area contributed by atoms with Gasteiger partial charge in [-0.05, 0) is 115 Å². The summed E-state index contributed by atoms with van der Waals surface area (Å²) in [5, 5.41) is 39.6. The molecule has 0 bridgehead atoms. The van der Waals surface area contributed by atoms with Crippen LogP contribution >= 0.6 is 0 Å². The Morgan fingerprint density at radius 2 is 1.62 bits per heavy atom. The zero-order valence-electron chi connectivity index (χ0n) is 32.3. The highest BCUT2D eigenvalue weighted by Crippen LogP contribution is 2.46. The smallest absolute Gasteiger partial charge is 0.408 e. The maximum Gasteiger partial charge on any atom is 0.408 e. The van der Waals surface area contributed by atoms with Gasteiger partial charge in [-0.2, -0.15) is 15.6 Å². The minimum Gasteiger partial charge on any atom is -0.479 e. The molecule has 1 aromatic heterocycles. The Balaban J connectivity index is 1.36. The average Bonchev–Trinajstić information content (AvgIpc) is 3.67. The minimum absolute atomic E-state index is 0.0112. The SMILES string of the molecule is CC(C)(C)OC(=O)N[C@@H]1CCCCC/C=C\[C@@H]2C[C@]2(C(=O)O)NC(=O)C2C[C@H](n3ncc(C4CCC(C#N)CC4)c(C4CCC(C#N)CC4)c3=O)CN2C1=O. The standard InChI is InChI=1S/C41H55N7O7/c1-40(2,3)55-39(54)45-32-10-8-6-4-5-7-9-29-20-41(29,38(52)53)46-35(49)33-19-30(24-47(33)36(32)50)48-37(51)34(28-17-13-26(22-43)14-18-28)31(23-44-48)27-15-11-25(21-42)12-16-27/h7,9,23,25-30,32-33H,4-6,8,10-20,24H2,1-3H3,(H,45,54)(H,46,49)(H,52,53)/b9-7-/t25?,26?,27?,28?,29-,30+,32-,33?,41+/m1/s1. The van der Waals surface area contributed by atoms with Gasteiger partial charge >= 0.3 is 12.1 Å². The molecule has 55 heavy (non-hydrogen) atoms. The van der Waals surface area contributed by atoms with E-state index in [2.05, 4.69) is 22.8 Å². The maximum atomic E-state index is 14.8. The molecule has 1 aromatic rings. The van der Waals surface area contributed by atoms with Gasteiger partial charge in [0.05, 0.1) is 24.4 Å². The summed E-state index contributed by atoms with van der Waals surface area (Å²) in [6.07, 6.45) is 14.0. The number of alkyl carbamates (subject to hydrolysis) is 1. The molecule has 0 aromatic carbocycles. The zero-order valence-corrected chi connectivity index (χ0v) is 32.3. The number of amides is 3. The number of hydrogen-bond donors (Lipinski definition) is 3. The summed E-state index contributed by atoms with van der Waals surface area (Å²) in [4.78, 5) is 70.5. The molecule has 5 atom stereocenters. The number of rotatable bonds is 5. The number of nitriles is 2. The number of carbonyl (C=O) groups is 4. The van der Waals surface area contributed by atoms with E-state index >= 15 is 0 Å². The number of aliphatic carboxylic acids is 1. The molecule has 6 rings (SSSR count). The van der Waals surface area contributed by atoms with Crippen molar-refractivity contribution in [1.82, 2.24) is 25.3 Å². The second-order valence-corrected chi connectivity index (χ2v) is 17.4. The van der Waals surface area contributed by atoms with Crippen LogP contribution in [0, 0.1) is 40.4 Å². The highest BCUT2D eigenvalue weighted by atomic mass is 16.6. The zero-order chi connectivity index (χ0) is 39.5. The molecule has 3 saturated carbocycles. The van der Waals surface area contributed by atoms with Gasteiger partial charge in [-0.15, -0.1) is 0 Å². The van der Waals surface area contributed by atoms with E-state index in [-0.39, 0.29) is 54.5 Å². The lowest BCUT2D eigenvalue weighted by Crippen LogP contribution is -2.56. The van der Waals surface area contributed by atoms with Gasteiger partial charge in [-0.3, -0.25) is 14.4 Å². The number of aromatic nitrogens is 2. The molecule has 0 spiro atoms. The summed E-state index contributed by atoms with van der Waals surface area (Å²) >= 11 is 0. The van der Waals surface area contributed by atoms with Gasteiger partial charge in [-0.1, -0.05) is 25.0 Å². The van der Waals surface area contributed by atoms with Gasteiger partial charge in [0.25, 0.3) is 5.56 Å². The lowest BCUT2D eigenvalue weighted by molar-refractivity contribution is -0.145. The van der Waals surface area contributed by atoms with Crippen LogP contribution in [-0.4, -0.2) is 73.4 Å². The first-order chi connectivity index (χ1) is 26.2. The quantitative estimate of drug-likeness (QED) is 0.328. The molecule has 0 radical (unpaired) electrons. The first-order valence-corrected chi connectivity index (χ1v) is 20.2. The molecule has 3 heterocycles. The molecule has 3 aliphatic carbocycles. The molecule has 3 N–H and O–H groups in total. The second kappa shape index (κ2) is 16.6. The van der Waals surface area contributed by atoms with E-state index in [9.17, 15) is 39.6 Å². The summed E-state index contributed by atoms with van der Waals surface area (Å²) in [5.41, 5.74) is -1.03. The van der Waals surface area contributed by atoms with Gasteiger partial charge in [0.15, 0.2) is 0 Å². The summed E-state index contributed by atoms with van der Waals surface area (Å²) in [7, 11) is 0. The van der Waals surface area contributed by atoms with E-state index in [1.165, 1.54) is 9.58 Å². The molecule has 4 fully saturated rings. The summed E-state index contributed by atoms with van der Waals surface area (Å²) in [6, 6.07) is 1.90. The number of ether oxygens (including phenoxy) is 1. The number of carbonyl (C=O) groups excluding carboxylic acids is 3. The first kappa shape index (κ1) is 40.0. The molecule has 296 valence electrons. The van der Waals surface area contributed by atoms with Crippen LogP contribution in [0.4, 0.5) is 4.79 Å². The molecule has 3 amide bonds. The van der Waals surface area contributed by atoms with Crippen molar-refractivity contribution < 1.29 is 29.0 Å². The van der Waals surface area contributed by atoms with Crippen LogP contribution in [0.1, 0.15) is 146 Å². The minimum atomic E-state index is -1.49. The first-order valence-electron chi connectivity index (χ1n) is 20.2. The molecule has 5 aliphatic rings. The molecule has 2 aliphatic heterocycles. The van der Waals surface area contributed by atoms with Crippen LogP contribution in [0.3, 0.4) is 0 Å². The third-order valence-electron chi connectivity index (χ3n) is 12.4. The number of nitrogens with zero attached hydrogens (tertiary/aromatic N) is 5. The second-order valence-electron chi connectivity index (χ2n) is 17.4. The predicted molar refractivity (Wildman–Crippen MR) is 200 cm³/mol. The van der Waals surface area contributed by atoms with Crippen molar-refractivity contribution in [3.8, 4) is 12.1 Å². The van der Waals surface area contributed by atoms with E-state index in [1.54, 1.807) is 27.0 Å². The van der Waals surface area contributed by atoms with E-state index in [0.717, 1.165) is 50.5 Å². The van der Waals surface area contributed by atoms with Crippen molar-refractivity contribution in [3.63, 3.8) is 0 Å². The molecule has 14 heteroatoms. The van der Waals surface area contributed by atoms with Crippen molar-refractivity contribution in [1.29, 1.82) is 10.5 Å². The van der Waals surface area contributed by atoms with Crippen molar-refractivity contribution in [2.45, 2.75) is 158 Å². The Morgan fingerprint density at radius 3 is 2.24 bits per heavy atom. The fourth-order valence-electron chi connectivity index (χ4n) is 9.24. The Morgan fingerprint density at radius 1 is 0.964 bits per heavy atom. The number of nitrogens with one attached hydrogen (secondary N) is 2. The number of fused-ring (bicyclic) bond motifs is 2. The maximum absolute atomic E-state index is 14.8. The monoisotopic (exact) mass is 757 g/mol. The Hall–Kier alpha value is -4.72. The largest absolute Gasteiger partial charge is 0.479 e. The fourth-order valence-corrected chi connectivity index (χ4v) is 9.24. The number of carboxylic acid groups (broad SMARTS) is 1.